The average molecular weight is 161 g/mol. The van der Waals surface area contributed by atoms with Crippen molar-refractivity contribution >= 4 is 18.2 Å². The predicted molar refractivity (Wildman–Crippen MR) is 43.9 cm³/mol. The smallest absolute Gasteiger partial charge is 0.251 e. The van der Waals surface area contributed by atoms with E-state index < -0.39 is 8.48 Å². The van der Waals surface area contributed by atoms with Gasteiger partial charge in [0.15, 0.2) is 0 Å². The summed E-state index contributed by atoms with van der Waals surface area (Å²) >= 11 is 0. The molecule has 0 aromatic carbocycles. The highest BCUT2D eigenvalue weighted by atomic mass is 28.4. The first kappa shape index (κ1) is 9.35. The molecule has 0 saturated heterocycles. The Morgan fingerprint density at radius 3 is 2.44 bits per heavy atom. The summed E-state index contributed by atoms with van der Waals surface area (Å²) in [4.78, 5) is 3.35. The molecule has 0 amide bonds. The summed E-state index contributed by atoms with van der Waals surface area (Å²) in [6, 6.07) is 0. The molecule has 0 aliphatic carbocycles. The fourth-order valence-corrected chi connectivity index (χ4v) is 3.90. The van der Waals surface area contributed by atoms with E-state index in [1.54, 1.807) is 0 Å². The van der Waals surface area contributed by atoms with Gasteiger partial charge in [-0.1, -0.05) is 6.92 Å². The molecule has 0 aromatic heterocycles. The van der Waals surface area contributed by atoms with E-state index in [1.807, 2.05) is 0 Å². The number of rotatable bonds is 4. The predicted octanol–water partition coefficient (Wildman–Crippen LogP) is 0.982. The van der Waals surface area contributed by atoms with E-state index in [0.717, 1.165) is 6.54 Å². The molecule has 0 aromatic rings. The van der Waals surface area contributed by atoms with Crippen molar-refractivity contribution in [1.82, 2.24) is 4.98 Å². The van der Waals surface area contributed by atoms with E-state index in [2.05, 4.69) is 31.5 Å². The molecular weight excluding hydrogens is 146 g/mol. The zero-order valence-corrected chi connectivity index (χ0v) is 8.62. The van der Waals surface area contributed by atoms with Crippen LogP contribution in [-0.4, -0.2) is 24.8 Å². The van der Waals surface area contributed by atoms with Gasteiger partial charge >= 0.3 is 0 Å². The second-order valence-electron chi connectivity index (χ2n) is 2.35. The first-order chi connectivity index (χ1) is 4.12. The van der Waals surface area contributed by atoms with Crippen LogP contribution in [0.25, 0.3) is 0 Å². The average Bonchev–Trinajstić information content (AvgIpc) is 1.64. The van der Waals surface area contributed by atoms with Crippen LogP contribution in [0.1, 0.15) is 6.92 Å². The molecule has 0 unspecified atom stereocenters. The number of hydrogen-bond acceptors (Lipinski definition) is 2. The van der Waals surface area contributed by atoms with Crippen LogP contribution in [0.5, 0.6) is 0 Å². The van der Waals surface area contributed by atoms with Crippen LogP contribution in [-0.2, 0) is 4.12 Å². The Balaban J connectivity index is 3.43. The highest BCUT2D eigenvalue weighted by molar-refractivity contribution is 6.72. The standard InChI is InChI=1S/C5H15NOSi2/c1-5-6-9(3,4)7-8-2/h6H,5H2,1-4H3. The van der Waals surface area contributed by atoms with E-state index >= 15 is 0 Å². The van der Waals surface area contributed by atoms with Gasteiger partial charge in [-0.25, -0.2) is 0 Å². The molecular formula is C5H15NOSi2. The molecule has 0 aliphatic heterocycles. The third kappa shape index (κ3) is 4.83. The summed E-state index contributed by atoms with van der Waals surface area (Å²) < 4.78 is 5.53. The van der Waals surface area contributed by atoms with Gasteiger partial charge in [-0.3, -0.25) is 0 Å². The van der Waals surface area contributed by atoms with Gasteiger partial charge in [-0.05, 0) is 26.2 Å². The second kappa shape index (κ2) is 4.21. The molecule has 0 spiro atoms. The minimum absolute atomic E-state index is 0.618. The Morgan fingerprint density at radius 2 is 2.11 bits per heavy atom. The molecule has 0 rings (SSSR count). The summed E-state index contributed by atoms with van der Waals surface area (Å²) in [5.41, 5.74) is 0. The maximum Gasteiger partial charge on any atom is 0.251 e. The maximum absolute atomic E-state index is 5.53. The monoisotopic (exact) mass is 161 g/mol. The number of hydrogen-bond donors (Lipinski definition) is 1. The molecule has 1 N–H and O–H groups in total. The van der Waals surface area contributed by atoms with Crippen molar-refractivity contribution in [3.63, 3.8) is 0 Å². The zero-order chi connectivity index (χ0) is 7.33. The van der Waals surface area contributed by atoms with Crippen LogP contribution >= 0.6 is 0 Å². The highest BCUT2D eigenvalue weighted by Crippen LogP contribution is 1.96. The largest absolute Gasteiger partial charge is 0.445 e. The van der Waals surface area contributed by atoms with E-state index in [9.17, 15) is 0 Å². The normalized spacial score (nSPS) is 12.0. The molecule has 9 heavy (non-hydrogen) atoms. The van der Waals surface area contributed by atoms with E-state index in [1.165, 1.54) is 0 Å². The molecule has 0 atom stereocenters. The first-order valence-electron chi connectivity index (χ1n) is 3.22. The molecule has 4 heteroatoms. The third-order valence-corrected chi connectivity index (χ3v) is 5.02. The van der Waals surface area contributed by atoms with Gasteiger partial charge in [0, 0.05) is 0 Å². The topological polar surface area (TPSA) is 21.3 Å². The van der Waals surface area contributed by atoms with Crippen LogP contribution in [0.15, 0.2) is 0 Å². The maximum atomic E-state index is 5.53. The van der Waals surface area contributed by atoms with Gasteiger partial charge in [0.2, 0.25) is 9.76 Å². The Morgan fingerprint density at radius 1 is 1.56 bits per heavy atom. The van der Waals surface area contributed by atoms with Crippen LogP contribution < -0.4 is 4.98 Å². The van der Waals surface area contributed by atoms with Crippen molar-refractivity contribution < 1.29 is 4.12 Å². The lowest BCUT2D eigenvalue weighted by Crippen LogP contribution is -2.48. The van der Waals surface area contributed by atoms with Crippen LogP contribution in [0.2, 0.25) is 19.6 Å². The van der Waals surface area contributed by atoms with E-state index in [0.29, 0.717) is 9.76 Å². The third-order valence-electron chi connectivity index (χ3n) is 0.960. The van der Waals surface area contributed by atoms with E-state index in [4.69, 9.17) is 4.12 Å². The molecule has 0 saturated carbocycles. The molecule has 2 nitrogen and oxygen atoms in total. The van der Waals surface area contributed by atoms with Gasteiger partial charge in [-0.2, -0.15) is 0 Å². The Hall–Kier alpha value is 0.354. The Kier molecular flexibility index (Phi) is 4.38. The van der Waals surface area contributed by atoms with E-state index in [-0.39, 0.29) is 0 Å². The van der Waals surface area contributed by atoms with Crippen molar-refractivity contribution in [2.45, 2.75) is 26.6 Å². The summed E-state index contributed by atoms with van der Waals surface area (Å²) in [5, 5.41) is 0. The van der Waals surface area contributed by atoms with Crippen molar-refractivity contribution in [2.24, 2.45) is 0 Å². The fourth-order valence-electron chi connectivity index (χ4n) is 0.717. The molecule has 0 aliphatic rings. The van der Waals surface area contributed by atoms with Gasteiger partial charge in [0.05, 0.1) is 0 Å². The van der Waals surface area contributed by atoms with Gasteiger partial charge in [0.1, 0.15) is 0 Å². The summed E-state index contributed by atoms with van der Waals surface area (Å²) in [5.74, 6) is 0. The molecule has 0 heterocycles. The molecule has 2 radical (unpaired) electrons. The quantitative estimate of drug-likeness (QED) is 0.621. The van der Waals surface area contributed by atoms with Gasteiger partial charge < -0.3 is 9.10 Å². The lowest BCUT2D eigenvalue weighted by atomic mass is 10.8. The minimum Gasteiger partial charge on any atom is -0.445 e. The lowest BCUT2D eigenvalue weighted by Gasteiger charge is -2.21. The second-order valence-corrected chi connectivity index (χ2v) is 6.95. The SMILES string of the molecule is CCN[Si](C)(C)O[Si]C. The van der Waals surface area contributed by atoms with Crippen LogP contribution in [0.4, 0.5) is 0 Å². The molecule has 0 bridgehead atoms. The minimum atomic E-state index is -1.44. The number of nitrogens with one attached hydrogen (secondary N) is 1. The van der Waals surface area contributed by atoms with Crippen molar-refractivity contribution in [1.29, 1.82) is 0 Å². The Bertz CT molecular complexity index is 69.4. The van der Waals surface area contributed by atoms with Crippen molar-refractivity contribution in [2.75, 3.05) is 6.54 Å². The first-order valence-corrected chi connectivity index (χ1v) is 7.54. The summed E-state index contributed by atoms with van der Waals surface area (Å²) in [7, 11) is -0.823. The Labute approximate surface area is 61.1 Å². The lowest BCUT2D eigenvalue weighted by molar-refractivity contribution is 0.567. The highest BCUT2D eigenvalue weighted by Gasteiger charge is 2.19. The molecule has 0 fully saturated rings. The summed E-state index contributed by atoms with van der Waals surface area (Å²) in [6.45, 7) is 9.53. The van der Waals surface area contributed by atoms with Crippen molar-refractivity contribution in [3.05, 3.63) is 0 Å². The van der Waals surface area contributed by atoms with Crippen LogP contribution in [0.3, 0.4) is 0 Å². The fraction of sp³-hybridized carbons (Fsp3) is 1.00. The van der Waals surface area contributed by atoms with Gasteiger partial charge in [-0.15, -0.1) is 0 Å². The summed E-state index contributed by atoms with van der Waals surface area (Å²) in [6.07, 6.45) is 0. The van der Waals surface area contributed by atoms with Gasteiger partial charge in [0.25, 0.3) is 8.48 Å². The zero-order valence-electron chi connectivity index (χ0n) is 6.62. The molecule has 54 valence electrons. The van der Waals surface area contributed by atoms with Crippen molar-refractivity contribution in [3.8, 4) is 0 Å². The van der Waals surface area contributed by atoms with Crippen LogP contribution in [0, 0.1) is 0 Å².